The molecule has 0 N–H and O–H groups in total. The third-order valence-electron chi connectivity index (χ3n) is 1.21. The number of carbonyl (C=O) groups excluding carboxylic acids is 1. The van der Waals surface area contributed by atoms with Gasteiger partial charge in [0.1, 0.15) is 6.61 Å². The minimum atomic E-state index is -0.547. The molecule has 0 bridgehead atoms. The number of ether oxygens (including phenoxy) is 1. The lowest BCUT2D eigenvalue weighted by atomic mass is 10.2. The Hall–Kier alpha value is -0.670. The van der Waals surface area contributed by atoms with E-state index in [9.17, 15) is 4.79 Å². The standard InChI is InChI=1S/C8H8O2S.ClH/c9-8(11)10-6-7-4-2-1-3-5-7;/h1-5H,6H2,(H,9,11);1H. The molecule has 0 aliphatic rings. The topological polar surface area (TPSA) is 26.3 Å². The van der Waals surface area contributed by atoms with Gasteiger partial charge in [-0.05, 0) is 5.56 Å². The van der Waals surface area contributed by atoms with Crippen molar-refractivity contribution in [1.82, 2.24) is 0 Å². The molecule has 0 aliphatic heterocycles. The monoisotopic (exact) mass is 204 g/mol. The van der Waals surface area contributed by atoms with Crippen LogP contribution < -0.4 is 0 Å². The van der Waals surface area contributed by atoms with Crippen LogP contribution >= 0.6 is 25.0 Å². The van der Waals surface area contributed by atoms with Crippen LogP contribution in [0.2, 0.25) is 0 Å². The number of hydrogen-bond donors (Lipinski definition) is 1. The Labute approximate surface area is 82.7 Å². The molecule has 4 heteroatoms. The number of hydrogen-bond acceptors (Lipinski definition) is 2. The fourth-order valence-electron chi connectivity index (χ4n) is 0.719. The highest BCUT2D eigenvalue weighted by Crippen LogP contribution is 2.01. The third kappa shape index (κ3) is 4.26. The molecule has 0 aromatic heterocycles. The average molecular weight is 205 g/mol. The second kappa shape index (κ2) is 5.91. The van der Waals surface area contributed by atoms with Crippen LogP contribution in [0.4, 0.5) is 4.79 Å². The maximum atomic E-state index is 10.3. The zero-order valence-electron chi connectivity index (χ0n) is 6.27. The molecule has 1 aromatic rings. The molecule has 1 rings (SSSR count). The first-order valence-corrected chi connectivity index (χ1v) is 3.63. The van der Waals surface area contributed by atoms with Crippen molar-refractivity contribution >= 4 is 30.3 Å². The molecule has 0 unspecified atom stereocenters. The van der Waals surface area contributed by atoms with Crippen LogP contribution in [0.5, 0.6) is 0 Å². The third-order valence-corrected chi connectivity index (χ3v) is 1.33. The molecule has 0 amide bonds. The van der Waals surface area contributed by atoms with Crippen molar-refractivity contribution in [2.45, 2.75) is 6.61 Å². The van der Waals surface area contributed by atoms with E-state index in [-0.39, 0.29) is 12.4 Å². The molecule has 0 saturated heterocycles. The van der Waals surface area contributed by atoms with Crippen LogP contribution in [0, 0.1) is 0 Å². The van der Waals surface area contributed by atoms with Gasteiger partial charge in [0.05, 0.1) is 0 Å². The summed E-state index contributed by atoms with van der Waals surface area (Å²) in [7, 11) is 0. The van der Waals surface area contributed by atoms with Crippen LogP contribution in [-0.4, -0.2) is 5.30 Å². The second-order valence-corrected chi connectivity index (χ2v) is 2.41. The number of rotatable bonds is 2. The molecule has 1 aromatic carbocycles. The van der Waals surface area contributed by atoms with Gasteiger partial charge in [0.2, 0.25) is 0 Å². The Kier molecular flexibility index (Phi) is 5.58. The van der Waals surface area contributed by atoms with Gasteiger partial charge in [-0.25, -0.2) is 4.79 Å². The first-order chi connectivity index (χ1) is 5.29. The Morgan fingerprint density at radius 1 is 1.33 bits per heavy atom. The maximum Gasteiger partial charge on any atom is 0.364 e. The van der Waals surface area contributed by atoms with Gasteiger partial charge in [-0.2, -0.15) is 0 Å². The van der Waals surface area contributed by atoms with Crippen LogP contribution in [0.15, 0.2) is 30.3 Å². The highest BCUT2D eigenvalue weighted by molar-refractivity contribution is 7.96. The molecule has 0 heterocycles. The SMILES string of the molecule is Cl.O=C(S)OCc1ccccc1. The van der Waals surface area contributed by atoms with E-state index in [0.717, 1.165) is 5.56 Å². The van der Waals surface area contributed by atoms with E-state index in [1.807, 2.05) is 30.3 Å². The van der Waals surface area contributed by atoms with Crippen LogP contribution in [-0.2, 0) is 11.3 Å². The average Bonchev–Trinajstić information content (AvgIpc) is 2.03. The zero-order chi connectivity index (χ0) is 8.10. The molecular formula is C8H9ClO2S. The van der Waals surface area contributed by atoms with Crippen LogP contribution in [0.1, 0.15) is 5.56 Å². The Bertz CT molecular complexity index is 238. The van der Waals surface area contributed by atoms with Gasteiger partial charge in [-0.15, -0.1) is 12.4 Å². The first kappa shape index (κ1) is 11.3. The summed E-state index contributed by atoms with van der Waals surface area (Å²) in [5.41, 5.74) is 0.968. The lowest BCUT2D eigenvalue weighted by molar-refractivity contribution is 0.169. The summed E-state index contributed by atoms with van der Waals surface area (Å²) in [6, 6.07) is 9.46. The normalized spacial score (nSPS) is 8.42. The van der Waals surface area contributed by atoms with Crippen molar-refractivity contribution in [3.8, 4) is 0 Å². The number of benzene rings is 1. The molecule has 12 heavy (non-hydrogen) atoms. The molecular weight excluding hydrogens is 196 g/mol. The smallest absolute Gasteiger partial charge is 0.364 e. The van der Waals surface area contributed by atoms with Crippen molar-refractivity contribution in [1.29, 1.82) is 0 Å². The Balaban J connectivity index is 0.00000121. The minimum absolute atomic E-state index is 0. The van der Waals surface area contributed by atoms with Gasteiger partial charge < -0.3 is 4.74 Å². The summed E-state index contributed by atoms with van der Waals surface area (Å²) in [5, 5.41) is -0.547. The van der Waals surface area contributed by atoms with Gasteiger partial charge in [0.25, 0.3) is 0 Å². The lowest BCUT2D eigenvalue weighted by Crippen LogP contribution is -1.93. The Morgan fingerprint density at radius 3 is 2.42 bits per heavy atom. The fourth-order valence-corrected chi connectivity index (χ4v) is 0.784. The van der Waals surface area contributed by atoms with Crippen molar-refractivity contribution in [2.75, 3.05) is 0 Å². The van der Waals surface area contributed by atoms with Gasteiger partial charge in [0, 0.05) is 0 Å². The van der Waals surface area contributed by atoms with Crippen molar-refractivity contribution in [3.05, 3.63) is 35.9 Å². The van der Waals surface area contributed by atoms with Crippen LogP contribution in [0.3, 0.4) is 0 Å². The zero-order valence-corrected chi connectivity index (χ0v) is 7.98. The van der Waals surface area contributed by atoms with Gasteiger partial charge in [-0.3, -0.25) is 0 Å². The predicted molar refractivity (Wildman–Crippen MR) is 52.9 cm³/mol. The summed E-state index contributed by atoms with van der Waals surface area (Å²) in [4.78, 5) is 10.3. The summed E-state index contributed by atoms with van der Waals surface area (Å²) >= 11 is 3.47. The van der Waals surface area contributed by atoms with E-state index in [0.29, 0.717) is 6.61 Å². The molecule has 0 atom stereocenters. The van der Waals surface area contributed by atoms with Crippen molar-refractivity contribution < 1.29 is 9.53 Å². The quantitative estimate of drug-likeness (QED) is 0.592. The van der Waals surface area contributed by atoms with E-state index in [4.69, 9.17) is 0 Å². The van der Waals surface area contributed by atoms with E-state index >= 15 is 0 Å². The lowest BCUT2D eigenvalue weighted by Gasteiger charge is -1.99. The summed E-state index contributed by atoms with van der Waals surface area (Å²) in [6.45, 7) is 0.295. The molecule has 0 spiro atoms. The van der Waals surface area contributed by atoms with Gasteiger partial charge in [-0.1, -0.05) is 43.0 Å². The van der Waals surface area contributed by atoms with E-state index in [1.54, 1.807) is 0 Å². The highest BCUT2D eigenvalue weighted by atomic mass is 35.5. The molecule has 2 nitrogen and oxygen atoms in total. The Morgan fingerprint density at radius 2 is 1.92 bits per heavy atom. The minimum Gasteiger partial charge on any atom is -0.453 e. The van der Waals surface area contributed by atoms with E-state index in [1.165, 1.54) is 0 Å². The summed E-state index contributed by atoms with van der Waals surface area (Å²) in [6.07, 6.45) is 0. The highest BCUT2D eigenvalue weighted by Gasteiger charge is 1.93. The predicted octanol–water partition coefficient (Wildman–Crippen LogP) is 2.67. The molecule has 0 fully saturated rings. The van der Waals surface area contributed by atoms with Gasteiger partial charge >= 0.3 is 5.30 Å². The molecule has 66 valence electrons. The van der Waals surface area contributed by atoms with E-state index < -0.39 is 5.30 Å². The van der Waals surface area contributed by atoms with Crippen LogP contribution in [0.25, 0.3) is 0 Å². The number of thiol groups is 1. The number of halogens is 1. The summed E-state index contributed by atoms with van der Waals surface area (Å²) < 4.78 is 4.65. The first-order valence-electron chi connectivity index (χ1n) is 3.18. The van der Waals surface area contributed by atoms with E-state index in [2.05, 4.69) is 17.4 Å². The van der Waals surface area contributed by atoms with Gasteiger partial charge in [0.15, 0.2) is 0 Å². The number of carbonyl (C=O) groups is 1. The fraction of sp³-hybridized carbons (Fsp3) is 0.125. The second-order valence-electron chi connectivity index (χ2n) is 2.04. The maximum absolute atomic E-state index is 10.3. The summed E-state index contributed by atoms with van der Waals surface area (Å²) in [5.74, 6) is 0. The van der Waals surface area contributed by atoms with Crippen molar-refractivity contribution in [2.24, 2.45) is 0 Å². The molecule has 0 saturated carbocycles. The molecule has 0 aliphatic carbocycles. The largest absolute Gasteiger partial charge is 0.453 e. The molecule has 0 radical (unpaired) electrons. The van der Waals surface area contributed by atoms with Crippen molar-refractivity contribution in [3.63, 3.8) is 0 Å².